The van der Waals surface area contributed by atoms with Crippen LogP contribution in [0, 0.1) is 6.92 Å². The summed E-state index contributed by atoms with van der Waals surface area (Å²) in [5.74, 6) is -0.224. The van der Waals surface area contributed by atoms with Crippen LogP contribution in [-0.4, -0.2) is 57.6 Å². The van der Waals surface area contributed by atoms with Gasteiger partial charge in [0.25, 0.3) is 0 Å². The molecule has 0 bridgehead atoms. The average molecular weight is 601 g/mol. The van der Waals surface area contributed by atoms with Crippen LogP contribution < -0.4 is 10.0 Å². The fraction of sp³-hybridized carbons (Fsp3) is 0.417. The molecular formula is C24H27F3N6O5S2. The van der Waals surface area contributed by atoms with Crippen molar-refractivity contribution in [2.45, 2.75) is 51.5 Å². The highest BCUT2D eigenvalue weighted by atomic mass is 32.2. The summed E-state index contributed by atoms with van der Waals surface area (Å²) in [6, 6.07) is 5.99. The first kappa shape index (κ1) is 29.6. The van der Waals surface area contributed by atoms with Crippen molar-refractivity contribution < 1.29 is 36.2 Å². The molecule has 2 aromatic heterocycles. The Morgan fingerprint density at radius 2 is 1.93 bits per heavy atom. The zero-order valence-electron chi connectivity index (χ0n) is 21.9. The molecule has 216 valence electrons. The number of aromatic nitrogens is 3. The first-order valence-electron chi connectivity index (χ1n) is 11.9. The van der Waals surface area contributed by atoms with Crippen LogP contribution in [-0.2, 0) is 26.7 Å². The number of carbonyl (C=O) groups is 1. The van der Waals surface area contributed by atoms with Gasteiger partial charge in [-0.05, 0) is 63.4 Å². The highest BCUT2D eigenvalue weighted by Gasteiger charge is 2.45. The van der Waals surface area contributed by atoms with Gasteiger partial charge in [0.05, 0.1) is 11.4 Å². The molecule has 1 aliphatic heterocycles. The van der Waals surface area contributed by atoms with E-state index in [9.17, 15) is 31.5 Å². The van der Waals surface area contributed by atoms with E-state index >= 15 is 0 Å². The minimum Gasteiger partial charge on any atom is -0.443 e. The number of carbonyl (C=O) groups excluding carboxylic acids is 1. The number of alkyl halides is 3. The third-order valence-corrected chi connectivity index (χ3v) is 8.29. The van der Waals surface area contributed by atoms with E-state index in [1.165, 1.54) is 6.20 Å². The van der Waals surface area contributed by atoms with Crippen molar-refractivity contribution in [3.05, 3.63) is 52.9 Å². The molecule has 1 aliphatic rings. The molecule has 1 atom stereocenters. The second-order valence-corrected chi connectivity index (χ2v) is 12.9. The Morgan fingerprint density at radius 1 is 1.20 bits per heavy atom. The number of hydrogen-bond donors (Lipinski definition) is 3. The van der Waals surface area contributed by atoms with Crippen molar-refractivity contribution in [3.63, 3.8) is 0 Å². The Labute approximate surface area is 232 Å². The summed E-state index contributed by atoms with van der Waals surface area (Å²) in [5.41, 5.74) is -1.68. The second-order valence-electron chi connectivity index (χ2n) is 10.2. The van der Waals surface area contributed by atoms with Gasteiger partial charge in [0.1, 0.15) is 21.9 Å². The molecule has 4 rings (SSSR count). The van der Waals surface area contributed by atoms with Crippen LogP contribution in [0.4, 0.5) is 29.6 Å². The SMILES string of the molecule is Cc1cc(Nc2nccc(C(F)(F)F)n2)cc(-c2cnc(C3(O)CCN(S(=O)(=O)NC(=O)OC(C)(C)C)C3)s2)c1. The number of rotatable bonds is 6. The van der Waals surface area contributed by atoms with Crippen LogP contribution in [0.5, 0.6) is 0 Å². The summed E-state index contributed by atoms with van der Waals surface area (Å²) in [7, 11) is -4.27. The van der Waals surface area contributed by atoms with Gasteiger partial charge in [-0.1, -0.05) is 6.07 Å². The summed E-state index contributed by atoms with van der Waals surface area (Å²) >= 11 is 1.14. The number of β-amino-alcohol motifs (C(OH)–C–C–N with tert-alkyl or cyclic N) is 1. The number of amides is 1. The smallest absolute Gasteiger partial charge is 0.433 e. The lowest BCUT2D eigenvalue weighted by Crippen LogP contribution is -2.45. The molecule has 1 amide bonds. The molecular weight excluding hydrogens is 573 g/mol. The van der Waals surface area contributed by atoms with Crippen LogP contribution in [0.25, 0.3) is 10.4 Å². The molecule has 3 N–H and O–H groups in total. The Morgan fingerprint density at radius 3 is 2.60 bits per heavy atom. The summed E-state index contributed by atoms with van der Waals surface area (Å²) in [6.45, 7) is 6.21. The second kappa shape index (κ2) is 10.6. The van der Waals surface area contributed by atoms with E-state index in [0.29, 0.717) is 16.1 Å². The number of halogens is 3. The van der Waals surface area contributed by atoms with E-state index in [0.717, 1.165) is 33.5 Å². The first-order chi connectivity index (χ1) is 18.4. The highest BCUT2D eigenvalue weighted by Crippen LogP contribution is 2.39. The molecule has 0 spiro atoms. The minimum atomic E-state index is -4.61. The fourth-order valence-corrected chi connectivity index (χ4v) is 6.04. The van der Waals surface area contributed by atoms with Gasteiger partial charge in [0.2, 0.25) is 5.95 Å². The van der Waals surface area contributed by atoms with Gasteiger partial charge >= 0.3 is 22.5 Å². The standard InChI is InChI=1S/C24H27F3N6O5S2/c1-14-9-15(11-16(10-14)30-20-28-7-5-18(31-20)24(25,26)27)17-12-29-19(39-17)23(35)6-8-33(13-23)40(36,37)32-21(34)38-22(2,3)4/h5,7,9-12,35H,6,8,13H2,1-4H3,(H,32,34)(H,28,30,31). The van der Waals surface area contributed by atoms with Crippen LogP contribution in [0.1, 0.15) is 43.5 Å². The van der Waals surface area contributed by atoms with E-state index in [2.05, 4.69) is 20.3 Å². The summed E-state index contributed by atoms with van der Waals surface area (Å²) in [5, 5.41) is 14.3. The lowest BCUT2D eigenvalue weighted by atomic mass is 10.1. The van der Waals surface area contributed by atoms with E-state index in [4.69, 9.17) is 4.74 Å². The summed E-state index contributed by atoms with van der Waals surface area (Å²) in [6.07, 6.45) is -3.16. The van der Waals surface area contributed by atoms with Gasteiger partial charge in [-0.15, -0.1) is 11.3 Å². The number of aliphatic hydroxyl groups is 1. The Kier molecular flexibility index (Phi) is 7.83. The average Bonchev–Trinajstić information content (AvgIpc) is 3.45. The number of benzene rings is 1. The maximum absolute atomic E-state index is 13.0. The molecule has 1 fully saturated rings. The Balaban J connectivity index is 1.50. The number of ether oxygens (including phenoxy) is 1. The number of anilines is 2. The predicted molar refractivity (Wildman–Crippen MR) is 141 cm³/mol. The molecule has 1 saturated heterocycles. The summed E-state index contributed by atoms with van der Waals surface area (Å²) < 4.78 is 72.2. The molecule has 0 aliphatic carbocycles. The van der Waals surface area contributed by atoms with Crippen LogP contribution in [0.15, 0.2) is 36.7 Å². The van der Waals surface area contributed by atoms with E-state index in [1.807, 2.05) is 10.8 Å². The third-order valence-electron chi connectivity index (χ3n) is 5.63. The monoisotopic (exact) mass is 600 g/mol. The van der Waals surface area contributed by atoms with Gasteiger partial charge < -0.3 is 15.2 Å². The van der Waals surface area contributed by atoms with Gasteiger partial charge in [-0.2, -0.15) is 25.9 Å². The number of thiazole rings is 1. The Hall–Kier alpha value is -3.34. The molecule has 40 heavy (non-hydrogen) atoms. The molecule has 3 heterocycles. The zero-order valence-corrected chi connectivity index (χ0v) is 23.5. The van der Waals surface area contributed by atoms with Gasteiger partial charge in [-0.3, -0.25) is 0 Å². The largest absolute Gasteiger partial charge is 0.443 e. The highest BCUT2D eigenvalue weighted by molar-refractivity contribution is 7.87. The Bertz CT molecular complexity index is 1520. The van der Waals surface area contributed by atoms with Crippen molar-refractivity contribution in [3.8, 4) is 10.4 Å². The van der Waals surface area contributed by atoms with Gasteiger partial charge in [0.15, 0.2) is 0 Å². The molecule has 0 saturated carbocycles. The third kappa shape index (κ3) is 7.04. The lowest BCUT2D eigenvalue weighted by molar-refractivity contribution is -0.141. The van der Waals surface area contributed by atoms with Crippen LogP contribution in [0.3, 0.4) is 0 Å². The van der Waals surface area contributed by atoms with E-state index < -0.39 is 39.4 Å². The normalized spacial score (nSPS) is 18.5. The van der Waals surface area contributed by atoms with Crippen molar-refractivity contribution in [2.75, 3.05) is 18.4 Å². The first-order valence-corrected chi connectivity index (χ1v) is 14.2. The molecule has 0 radical (unpaired) electrons. The lowest BCUT2D eigenvalue weighted by Gasteiger charge is -2.23. The van der Waals surface area contributed by atoms with E-state index in [1.54, 1.807) is 39.8 Å². The minimum absolute atomic E-state index is 0.0443. The molecule has 1 aromatic carbocycles. The van der Waals surface area contributed by atoms with Crippen LogP contribution in [0.2, 0.25) is 0 Å². The maximum atomic E-state index is 13.0. The molecule has 3 aromatic rings. The fourth-order valence-electron chi connectivity index (χ4n) is 3.93. The maximum Gasteiger partial charge on any atom is 0.433 e. The van der Waals surface area contributed by atoms with Gasteiger partial charge in [-0.25, -0.2) is 24.5 Å². The topological polar surface area (TPSA) is 147 Å². The number of nitrogens with zero attached hydrogens (tertiary/aromatic N) is 4. The van der Waals surface area contributed by atoms with Crippen molar-refractivity contribution >= 4 is 39.3 Å². The predicted octanol–water partition coefficient (Wildman–Crippen LogP) is 4.33. The number of nitrogens with one attached hydrogen (secondary N) is 2. The quantitative estimate of drug-likeness (QED) is 0.376. The van der Waals surface area contributed by atoms with Crippen molar-refractivity contribution in [2.24, 2.45) is 0 Å². The molecule has 11 nitrogen and oxygen atoms in total. The van der Waals surface area contributed by atoms with Crippen molar-refractivity contribution in [1.29, 1.82) is 0 Å². The zero-order chi connectivity index (χ0) is 29.5. The van der Waals surface area contributed by atoms with Crippen LogP contribution >= 0.6 is 11.3 Å². The van der Waals surface area contributed by atoms with E-state index in [-0.39, 0.29) is 30.5 Å². The van der Waals surface area contributed by atoms with Gasteiger partial charge in [0, 0.05) is 24.6 Å². The number of aryl methyl sites for hydroxylation is 1. The molecule has 16 heteroatoms. The number of hydrogen-bond acceptors (Lipinski definition) is 10. The summed E-state index contributed by atoms with van der Waals surface area (Å²) in [4.78, 5) is 24.3. The van der Waals surface area contributed by atoms with Crippen molar-refractivity contribution in [1.82, 2.24) is 24.0 Å². The molecule has 1 unspecified atom stereocenters.